The summed E-state index contributed by atoms with van der Waals surface area (Å²) in [4.78, 5) is 12.8. The molecule has 8 atom stereocenters. The summed E-state index contributed by atoms with van der Waals surface area (Å²) in [5.74, 6) is -4.16. The van der Waals surface area contributed by atoms with Crippen molar-refractivity contribution in [3.8, 4) is 51.7 Å². The van der Waals surface area contributed by atoms with Crippen molar-refractivity contribution < 1.29 is 98.9 Å². The average molecular weight is 954 g/mol. The standard InChI is InChI=1S/C49H44O20/c1-62-35-12-22(13-36(63-2)41(35)58)46-48(69-49-44(61)43(60)42(59)37(67-49)19-64-38(57)10-5-20-3-7-23(50)8-4-20)26-17-34(65-32-14-24(51)15-33(66-46)39(26)32)40-30(55)18-28(53)25-16-31(56)45(68-47(25)40)21-6-9-27(52)29(54)11-21/h3-15,17-18,31-32,37,42-45,49-56,58-61H,16,19H2,1-2H3/p+1. The van der Waals surface area contributed by atoms with Crippen LogP contribution in [0.3, 0.4) is 0 Å². The average Bonchev–Trinajstić information content (AvgIpc) is 3.32. The van der Waals surface area contributed by atoms with E-state index in [1.807, 2.05) is 0 Å². The van der Waals surface area contributed by atoms with E-state index in [-0.39, 0.29) is 97.4 Å². The summed E-state index contributed by atoms with van der Waals surface area (Å²) in [6.07, 6.45) is -6.38. The number of aromatic hydroxyl groups is 7. The first-order valence-corrected chi connectivity index (χ1v) is 21.2. The van der Waals surface area contributed by atoms with Crippen LogP contribution in [-0.4, -0.2) is 131 Å². The van der Waals surface area contributed by atoms with Crippen LogP contribution in [0.4, 0.5) is 0 Å². The first kappa shape index (κ1) is 46.1. The minimum Gasteiger partial charge on any atom is -0.575 e. The fraction of sp³-hybridized carbons (Fsp3) is 0.245. The van der Waals surface area contributed by atoms with Crippen LogP contribution in [-0.2, 0) is 34.9 Å². The molecule has 69 heavy (non-hydrogen) atoms. The second kappa shape index (κ2) is 18.2. The summed E-state index contributed by atoms with van der Waals surface area (Å²) >= 11 is 0. The van der Waals surface area contributed by atoms with E-state index in [9.17, 15) is 61.0 Å². The van der Waals surface area contributed by atoms with Gasteiger partial charge in [0.2, 0.25) is 18.1 Å². The molecule has 0 spiro atoms. The number of aliphatic hydroxyl groups excluding tert-OH is 5. The minimum atomic E-state index is -1.98. The number of carbonyl (C=O) groups is 1. The van der Waals surface area contributed by atoms with E-state index < -0.39 is 84.6 Å². The summed E-state index contributed by atoms with van der Waals surface area (Å²) in [7, 11) is 2.58. The molecule has 4 aromatic carbocycles. The van der Waals surface area contributed by atoms with Crippen molar-refractivity contribution in [3.63, 3.8) is 0 Å². The molecule has 0 aromatic heterocycles. The molecule has 0 radical (unpaired) electrons. The lowest BCUT2D eigenvalue weighted by Gasteiger charge is -2.42. The van der Waals surface area contributed by atoms with Crippen molar-refractivity contribution in [2.45, 2.75) is 55.4 Å². The van der Waals surface area contributed by atoms with E-state index in [1.165, 1.54) is 81.0 Å². The number of allylic oxidation sites excluding steroid dienone is 2. The third-order valence-electron chi connectivity index (χ3n) is 12.0. The van der Waals surface area contributed by atoms with Gasteiger partial charge in [-0.2, -0.15) is 0 Å². The molecule has 12 N–H and O–H groups in total. The van der Waals surface area contributed by atoms with Gasteiger partial charge in [0.25, 0.3) is 5.75 Å². The van der Waals surface area contributed by atoms with Gasteiger partial charge < -0.3 is 94.1 Å². The number of esters is 1. The Labute approximate surface area is 390 Å². The van der Waals surface area contributed by atoms with Crippen molar-refractivity contribution in [1.29, 1.82) is 0 Å². The lowest BCUT2D eigenvalue weighted by Crippen LogP contribution is -2.59. The topological polar surface area (TPSA) is 317 Å². The van der Waals surface area contributed by atoms with Gasteiger partial charge in [-0.1, -0.05) is 12.1 Å². The van der Waals surface area contributed by atoms with Crippen LogP contribution in [0, 0.1) is 0 Å². The molecule has 9 rings (SSSR count). The van der Waals surface area contributed by atoms with Gasteiger partial charge in [-0.25, -0.2) is 4.79 Å². The van der Waals surface area contributed by atoms with Gasteiger partial charge in [-0.3, -0.25) is 0 Å². The van der Waals surface area contributed by atoms with Crippen LogP contribution in [0.25, 0.3) is 17.6 Å². The number of methoxy groups -OCH3 is 2. The lowest BCUT2D eigenvalue weighted by molar-refractivity contribution is -0.291. The number of fused-ring (bicyclic) bond motifs is 1. The number of benzene rings is 4. The van der Waals surface area contributed by atoms with Crippen molar-refractivity contribution >= 4 is 23.6 Å². The number of ether oxygens (including phenoxy) is 8. The molecule has 360 valence electrons. The Bertz CT molecular complexity index is 2890. The molecule has 20 heteroatoms. The Kier molecular flexibility index (Phi) is 12.2. The van der Waals surface area contributed by atoms with E-state index in [4.69, 9.17) is 37.9 Å². The van der Waals surface area contributed by atoms with Crippen molar-refractivity contribution in [2.24, 2.45) is 0 Å². The number of rotatable bonds is 11. The smallest absolute Gasteiger partial charge is 0.330 e. The predicted molar refractivity (Wildman–Crippen MR) is 237 cm³/mol. The molecule has 20 nitrogen and oxygen atoms in total. The number of aliphatic hydroxyl groups is 6. The fourth-order valence-electron chi connectivity index (χ4n) is 8.48. The van der Waals surface area contributed by atoms with Crippen LogP contribution in [0.1, 0.15) is 33.9 Å². The Morgan fingerprint density at radius 2 is 1.52 bits per heavy atom. The largest absolute Gasteiger partial charge is 0.575 e. The van der Waals surface area contributed by atoms with E-state index in [0.29, 0.717) is 5.56 Å². The molecular formula is C49H45O20+. The first-order valence-electron chi connectivity index (χ1n) is 21.2. The van der Waals surface area contributed by atoms with Crippen LogP contribution in [0.2, 0.25) is 0 Å². The zero-order valence-corrected chi connectivity index (χ0v) is 36.3. The summed E-state index contributed by atoms with van der Waals surface area (Å²) in [5.41, 5.74) is 1.28. The summed E-state index contributed by atoms with van der Waals surface area (Å²) < 4.78 is 46.4. The highest BCUT2D eigenvalue weighted by molar-refractivity contribution is 5.87. The maximum Gasteiger partial charge on any atom is 0.330 e. The molecule has 1 fully saturated rings. The zero-order chi connectivity index (χ0) is 49.0. The molecule has 1 aliphatic carbocycles. The van der Waals surface area contributed by atoms with Crippen molar-refractivity contribution in [2.75, 3.05) is 20.8 Å². The molecular weight excluding hydrogens is 909 g/mol. The van der Waals surface area contributed by atoms with Crippen LogP contribution in [0.5, 0.6) is 51.7 Å². The summed E-state index contributed by atoms with van der Waals surface area (Å²) in [5, 5.41) is 119. The Balaban J connectivity index is 1.15. The van der Waals surface area contributed by atoms with Crippen LogP contribution in [0.15, 0.2) is 113 Å². The Morgan fingerprint density at radius 3 is 2.22 bits per heavy atom. The molecule has 0 bridgehead atoms. The van der Waals surface area contributed by atoms with Gasteiger partial charge in [-0.05, 0) is 60.2 Å². The highest BCUT2D eigenvalue weighted by Crippen LogP contribution is 2.54. The first-order chi connectivity index (χ1) is 33.0. The van der Waals surface area contributed by atoms with Gasteiger partial charge in [0.1, 0.15) is 71.7 Å². The maximum atomic E-state index is 12.8. The Morgan fingerprint density at radius 1 is 0.797 bits per heavy atom. The zero-order valence-electron chi connectivity index (χ0n) is 36.3. The number of hydrogen-bond acceptors (Lipinski definition) is 19. The number of phenols is 6. The highest BCUT2D eigenvalue weighted by Gasteiger charge is 2.49. The Hall–Kier alpha value is -8.01. The third-order valence-corrected chi connectivity index (χ3v) is 12.0. The van der Waals surface area contributed by atoms with Gasteiger partial charge in [-0.15, -0.1) is 0 Å². The third kappa shape index (κ3) is 8.62. The molecule has 1 saturated heterocycles. The normalized spacial score (nSPS) is 24.9. The minimum absolute atomic E-state index is 0.0151. The summed E-state index contributed by atoms with van der Waals surface area (Å²) in [6.45, 7) is -0.641. The van der Waals surface area contributed by atoms with E-state index >= 15 is 0 Å². The molecule has 4 aromatic rings. The predicted octanol–water partition coefficient (Wildman–Crippen LogP) is 3.69. The summed E-state index contributed by atoms with van der Waals surface area (Å²) in [6, 6.07) is 13.6. The molecule has 8 unspecified atom stereocenters. The van der Waals surface area contributed by atoms with Crippen molar-refractivity contribution in [3.05, 3.63) is 141 Å². The second-order valence-electron chi connectivity index (χ2n) is 16.4. The molecule has 5 aliphatic rings. The van der Waals surface area contributed by atoms with E-state index in [1.54, 1.807) is 12.1 Å². The number of phenolic OH excluding ortho intramolecular Hbond substituents is 6. The fourth-order valence-corrected chi connectivity index (χ4v) is 8.48. The van der Waals surface area contributed by atoms with Gasteiger partial charge in [0.05, 0.1) is 25.4 Å². The molecule has 0 amide bonds. The molecule has 0 saturated carbocycles. The second-order valence-corrected chi connectivity index (χ2v) is 16.4. The van der Waals surface area contributed by atoms with Crippen LogP contribution < -0.4 is 9.47 Å². The van der Waals surface area contributed by atoms with Gasteiger partial charge in [0.15, 0.2) is 46.2 Å². The number of carbonyl (C=O) groups excluding carboxylic acids is 1. The molecule has 4 heterocycles. The number of hydrogen-bond donors (Lipinski definition) is 11. The quantitative estimate of drug-likeness (QED) is 0.0442. The van der Waals surface area contributed by atoms with E-state index in [2.05, 4.69) is 0 Å². The maximum absolute atomic E-state index is 12.8. The van der Waals surface area contributed by atoms with E-state index in [0.717, 1.165) is 12.1 Å². The van der Waals surface area contributed by atoms with Crippen LogP contribution >= 0.6 is 0 Å². The monoisotopic (exact) mass is 953 g/mol. The molecule has 4 aliphatic heterocycles. The highest BCUT2D eigenvalue weighted by atomic mass is 16.7. The lowest BCUT2D eigenvalue weighted by atomic mass is 9.87. The van der Waals surface area contributed by atoms with Gasteiger partial charge >= 0.3 is 5.97 Å². The van der Waals surface area contributed by atoms with Gasteiger partial charge in [0, 0.05) is 47.4 Å². The SMILES string of the molecule is COc1cc(C2=C(OC3OC(COC(=O)C=Cc4ccc(O)cc4)C(O)C(O)C3O)C3=C4C(=CC(O)=CC4OC(c4c(O)cc(O)c5c4[OH+]C(c4ccc(O)c(O)c4)C(O)C5)=C3)O2)cc(OC)c1O. The van der Waals surface area contributed by atoms with Crippen molar-refractivity contribution in [1.82, 2.24) is 0 Å².